The summed E-state index contributed by atoms with van der Waals surface area (Å²) in [4.78, 5) is 22.6. The van der Waals surface area contributed by atoms with Crippen molar-refractivity contribution in [3.8, 4) is 23.1 Å². The molecule has 4 aromatic rings. The third kappa shape index (κ3) is 4.74. The number of fused-ring (bicyclic) bond motifs is 1. The monoisotopic (exact) mass is 454 g/mol. The molecule has 0 atom stereocenters. The van der Waals surface area contributed by atoms with Gasteiger partial charge in [0.15, 0.2) is 17.2 Å². The highest BCUT2D eigenvalue weighted by Gasteiger charge is 2.20. The topological polar surface area (TPSA) is 106 Å². The number of aryl methyl sites for hydroxylation is 1. The lowest BCUT2D eigenvalue weighted by Gasteiger charge is -2.13. The molecule has 0 bridgehead atoms. The van der Waals surface area contributed by atoms with Crippen LogP contribution in [0.5, 0.6) is 5.75 Å². The molecule has 0 fully saturated rings. The normalized spacial score (nSPS) is 10.9. The van der Waals surface area contributed by atoms with Gasteiger partial charge in [-0.05, 0) is 51.0 Å². The molecule has 3 aromatic heterocycles. The molecule has 0 unspecified atom stereocenters. The lowest BCUT2D eigenvalue weighted by molar-refractivity contribution is 0.102. The highest BCUT2D eigenvalue weighted by molar-refractivity contribution is 6.12. The van der Waals surface area contributed by atoms with Crippen molar-refractivity contribution in [1.29, 1.82) is 5.26 Å². The Kier molecular flexibility index (Phi) is 6.83. The lowest BCUT2D eigenvalue weighted by Crippen LogP contribution is -2.15. The van der Waals surface area contributed by atoms with Crippen LogP contribution < -0.4 is 10.1 Å². The number of carbonyl (C=O) groups excluding carboxylic acids is 1. The summed E-state index contributed by atoms with van der Waals surface area (Å²) in [5, 5.41) is 16.8. The quantitative estimate of drug-likeness (QED) is 0.361. The van der Waals surface area contributed by atoms with Gasteiger partial charge in [-0.1, -0.05) is 24.3 Å². The van der Waals surface area contributed by atoms with E-state index in [4.69, 9.17) is 15.0 Å². The Hall–Kier alpha value is -4.25. The lowest BCUT2D eigenvalue weighted by atomic mass is 10.0. The smallest absolute Gasteiger partial charge is 0.257 e. The number of benzene rings is 1. The van der Waals surface area contributed by atoms with Gasteiger partial charge in [-0.3, -0.25) is 4.79 Å². The summed E-state index contributed by atoms with van der Waals surface area (Å²) in [6.45, 7) is 6.43. The molecule has 0 saturated heterocycles. The second kappa shape index (κ2) is 10.1. The fourth-order valence-corrected chi connectivity index (χ4v) is 3.69. The predicted octanol–water partition coefficient (Wildman–Crippen LogP) is 5.32. The second-order valence-electron chi connectivity index (χ2n) is 8.20. The van der Waals surface area contributed by atoms with Crippen molar-refractivity contribution in [2.24, 2.45) is 0 Å². The van der Waals surface area contributed by atoms with Gasteiger partial charge in [-0.15, -0.1) is 0 Å². The van der Waals surface area contributed by atoms with Crippen LogP contribution >= 0.6 is 0 Å². The van der Waals surface area contributed by atoms with Crippen LogP contribution in [0.15, 0.2) is 54.9 Å². The van der Waals surface area contributed by atoms with Crippen LogP contribution in [-0.4, -0.2) is 32.3 Å². The van der Waals surface area contributed by atoms with E-state index in [2.05, 4.69) is 21.5 Å². The molecule has 1 amide bonds. The van der Waals surface area contributed by atoms with Gasteiger partial charge in [0.05, 0.1) is 35.5 Å². The maximum atomic E-state index is 13.5. The minimum absolute atomic E-state index is 0.0808. The largest absolute Gasteiger partial charge is 0.490 e. The molecule has 34 heavy (non-hydrogen) atoms. The average Bonchev–Trinajstić information content (AvgIpc) is 3.27. The van der Waals surface area contributed by atoms with Gasteiger partial charge in [-0.25, -0.2) is 14.6 Å². The van der Waals surface area contributed by atoms with Crippen LogP contribution in [0, 0.1) is 18.3 Å². The standard InChI is InChI=1S/C26H26N6O2/c1-17(2)32-25-21(16-29-32)20(15-22(30-25)19-10-5-4-9-18(19)3)26(33)31-24-23(11-8-13-28-24)34-14-7-6-12-27/h4-5,8-11,13,15-17H,6-7,14H2,1-3H3,(H,28,31,33). The second-order valence-corrected chi connectivity index (χ2v) is 8.20. The zero-order chi connectivity index (χ0) is 24.1. The molecular formula is C26H26N6O2. The molecule has 0 radical (unpaired) electrons. The Morgan fingerprint density at radius 1 is 1.24 bits per heavy atom. The summed E-state index contributed by atoms with van der Waals surface area (Å²) in [7, 11) is 0. The zero-order valence-electron chi connectivity index (χ0n) is 19.4. The molecule has 0 aliphatic heterocycles. The number of anilines is 1. The number of hydrogen-bond acceptors (Lipinski definition) is 6. The molecule has 0 spiro atoms. The van der Waals surface area contributed by atoms with Crippen LogP contribution in [0.2, 0.25) is 0 Å². The fraction of sp³-hybridized carbons (Fsp3) is 0.269. The van der Waals surface area contributed by atoms with E-state index < -0.39 is 0 Å². The number of nitrogens with zero attached hydrogens (tertiary/aromatic N) is 5. The molecule has 0 aliphatic carbocycles. The van der Waals surface area contributed by atoms with Crippen LogP contribution in [-0.2, 0) is 0 Å². The van der Waals surface area contributed by atoms with Crippen molar-refractivity contribution in [2.75, 3.05) is 11.9 Å². The fourth-order valence-electron chi connectivity index (χ4n) is 3.69. The maximum Gasteiger partial charge on any atom is 0.257 e. The average molecular weight is 455 g/mol. The van der Waals surface area contributed by atoms with Crippen molar-refractivity contribution < 1.29 is 9.53 Å². The first-order chi connectivity index (χ1) is 16.5. The molecule has 0 aliphatic rings. The van der Waals surface area contributed by atoms with Gasteiger partial charge in [-0.2, -0.15) is 10.4 Å². The third-order valence-corrected chi connectivity index (χ3v) is 5.41. The van der Waals surface area contributed by atoms with E-state index in [9.17, 15) is 4.79 Å². The number of pyridine rings is 2. The van der Waals surface area contributed by atoms with Crippen molar-refractivity contribution in [1.82, 2.24) is 19.7 Å². The van der Waals surface area contributed by atoms with E-state index in [0.29, 0.717) is 53.3 Å². The van der Waals surface area contributed by atoms with Crippen molar-refractivity contribution in [3.05, 3.63) is 66.0 Å². The summed E-state index contributed by atoms with van der Waals surface area (Å²) in [5.74, 6) is 0.449. The Morgan fingerprint density at radius 2 is 2.06 bits per heavy atom. The van der Waals surface area contributed by atoms with Crippen LogP contribution in [0.25, 0.3) is 22.3 Å². The van der Waals surface area contributed by atoms with E-state index in [1.165, 1.54) is 0 Å². The molecule has 8 nitrogen and oxygen atoms in total. The summed E-state index contributed by atoms with van der Waals surface area (Å²) >= 11 is 0. The molecule has 8 heteroatoms. The van der Waals surface area contributed by atoms with Gasteiger partial charge in [0.25, 0.3) is 5.91 Å². The maximum absolute atomic E-state index is 13.5. The molecule has 1 N–H and O–H groups in total. The number of aromatic nitrogens is 4. The minimum Gasteiger partial charge on any atom is -0.490 e. The van der Waals surface area contributed by atoms with Gasteiger partial charge < -0.3 is 10.1 Å². The molecule has 1 aromatic carbocycles. The number of carbonyl (C=O) groups is 1. The molecule has 172 valence electrons. The third-order valence-electron chi connectivity index (χ3n) is 5.41. The van der Waals surface area contributed by atoms with E-state index in [0.717, 1.165) is 11.1 Å². The van der Waals surface area contributed by atoms with Crippen LogP contribution in [0.4, 0.5) is 5.82 Å². The van der Waals surface area contributed by atoms with E-state index in [1.54, 1.807) is 30.6 Å². The summed E-state index contributed by atoms with van der Waals surface area (Å²) in [6, 6.07) is 15.4. The summed E-state index contributed by atoms with van der Waals surface area (Å²) in [5.41, 5.74) is 3.82. The van der Waals surface area contributed by atoms with E-state index in [-0.39, 0.29) is 11.9 Å². The minimum atomic E-state index is -0.328. The Morgan fingerprint density at radius 3 is 2.82 bits per heavy atom. The summed E-state index contributed by atoms with van der Waals surface area (Å²) < 4.78 is 7.57. The number of amides is 1. The summed E-state index contributed by atoms with van der Waals surface area (Å²) in [6.07, 6.45) is 4.27. The van der Waals surface area contributed by atoms with Crippen molar-refractivity contribution >= 4 is 22.8 Å². The highest BCUT2D eigenvalue weighted by atomic mass is 16.5. The highest BCUT2D eigenvalue weighted by Crippen LogP contribution is 2.29. The Balaban J connectivity index is 1.74. The molecular weight excluding hydrogens is 428 g/mol. The van der Waals surface area contributed by atoms with Gasteiger partial charge in [0, 0.05) is 24.2 Å². The number of nitrogens with one attached hydrogen (secondary N) is 1. The number of unbranched alkanes of at least 4 members (excludes halogenated alkanes) is 1. The van der Waals surface area contributed by atoms with Crippen LogP contribution in [0.1, 0.15) is 48.7 Å². The van der Waals surface area contributed by atoms with Gasteiger partial charge in [0.1, 0.15) is 0 Å². The first kappa shape index (κ1) is 22.9. The number of rotatable bonds is 8. The first-order valence-corrected chi connectivity index (χ1v) is 11.2. The number of nitriles is 1. The van der Waals surface area contributed by atoms with Crippen molar-refractivity contribution in [2.45, 2.75) is 39.7 Å². The van der Waals surface area contributed by atoms with E-state index in [1.807, 2.05) is 49.7 Å². The van der Waals surface area contributed by atoms with Crippen molar-refractivity contribution in [3.63, 3.8) is 0 Å². The molecule has 4 rings (SSSR count). The molecule has 0 saturated carbocycles. The number of ether oxygens (including phenoxy) is 1. The SMILES string of the molecule is Cc1ccccc1-c1cc(C(=O)Nc2ncccc2OCCCC#N)c2cnn(C(C)C)c2n1. The molecule has 3 heterocycles. The van der Waals surface area contributed by atoms with E-state index >= 15 is 0 Å². The first-order valence-electron chi connectivity index (χ1n) is 11.2. The van der Waals surface area contributed by atoms with Gasteiger partial charge >= 0.3 is 0 Å². The number of hydrogen-bond donors (Lipinski definition) is 1. The predicted molar refractivity (Wildman–Crippen MR) is 131 cm³/mol. The van der Waals surface area contributed by atoms with Gasteiger partial charge in [0.2, 0.25) is 0 Å². The Labute approximate surface area is 198 Å². The Bertz CT molecular complexity index is 1370. The zero-order valence-corrected chi connectivity index (χ0v) is 19.4. The van der Waals surface area contributed by atoms with Crippen LogP contribution in [0.3, 0.4) is 0 Å².